The van der Waals surface area contributed by atoms with Crippen molar-refractivity contribution >= 4 is 18.0 Å². The van der Waals surface area contributed by atoms with Crippen LogP contribution in [0.5, 0.6) is 0 Å². The second-order valence-corrected chi connectivity index (χ2v) is 6.73. The van der Waals surface area contributed by atoms with E-state index in [0.29, 0.717) is 12.8 Å². The minimum absolute atomic E-state index is 0.103. The Bertz CT molecular complexity index is 645. The van der Waals surface area contributed by atoms with Gasteiger partial charge in [0.15, 0.2) is 0 Å². The molecule has 2 amide bonds. The maximum absolute atomic E-state index is 12.6. The van der Waals surface area contributed by atoms with Gasteiger partial charge in [-0.15, -0.1) is 6.58 Å². The van der Waals surface area contributed by atoms with Gasteiger partial charge in [0.2, 0.25) is 5.91 Å². The lowest BCUT2D eigenvalue weighted by Gasteiger charge is -2.24. The number of methoxy groups -OCH3 is 1. The molecule has 28 heavy (non-hydrogen) atoms. The van der Waals surface area contributed by atoms with Gasteiger partial charge in [-0.3, -0.25) is 4.79 Å². The standard InChI is InChI=1S/C21H30N2O5/c1-5-6-8-13-17(20(25)27-4)22-19(24)18(15(2)3)23-21(26)28-14-16-11-9-7-10-12-16/h5,7,9-12,15,17-18H,1,6,8,13-14H2,2-4H3,(H,22,24)(H,23,26)/t17-,18-/m0/s1. The molecule has 2 atom stereocenters. The molecule has 0 saturated heterocycles. The lowest BCUT2D eigenvalue weighted by molar-refractivity contribution is -0.145. The van der Waals surface area contributed by atoms with E-state index < -0.39 is 30.1 Å². The van der Waals surface area contributed by atoms with Crippen LogP contribution >= 0.6 is 0 Å². The Kier molecular flexibility index (Phi) is 10.4. The number of unbranched alkanes of at least 4 members (excludes halogenated alkanes) is 1. The third-order valence-corrected chi connectivity index (χ3v) is 4.14. The minimum atomic E-state index is -0.838. The Hall–Kier alpha value is -2.83. The molecule has 7 heteroatoms. The highest BCUT2D eigenvalue weighted by Gasteiger charge is 2.29. The number of hydrogen-bond donors (Lipinski definition) is 2. The van der Waals surface area contributed by atoms with Crippen LogP contribution in [0.15, 0.2) is 43.0 Å². The monoisotopic (exact) mass is 390 g/mol. The topological polar surface area (TPSA) is 93.7 Å². The fraction of sp³-hybridized carbons (Fsp3) is 0.476. The number of rotatable bonds is 11. The van der Waals surface area contributed by atoms with Gasteiger partial charge in [-0.25, -0.2) is 9.59 Å². The fourth-order valence-electron chi connectivity index (χ4n) is 2.55. The summed E-state index contributed by atoms with van der Waals surface area (Å²) in [7, 11) is 1.27. The predicted octanol–water partition coefficient (Wildman–Crippen LogP) is 2.95. The number of alkyl carbamates (subject to hydrolysis) is 1. The van der Waals surface area contributed by atoms with Crippen molar-refractivity contribution < 1.29 is 23.9 Å². The van der Waals surface area contributed by atoms with Crippen LogP contribution in [-0.4, -0.2) is 37.2 Å². The van der Waals surface area contributed by atoms with Crippen molar-refractivity contribution in [1.82, 2.24) is 10.6 Å². The number of ether oxygens (including phenoxy) is 2. The zero-order chi connectivity index (χ0) is 20.9. The van der Waals surface area contributed by atoms with E-state index in [-0.39, 0.29) is 12.5 Å². The largest absolute Gasteiger partial charge is 0.467 e. The molecule has 0 fully saturated rings. The van der Waals surface area contributed by atoms with Gasteiger partial charge in [0, 0.05) is 0 Å². The Morgan fingerprint density at radius 1 is 1.14 bits per heavy atom. The summed E-state index contributed by atoms with van der Waals surface area (Å²) in [6, 6.07) is 7.63. The number of carbonyl (C=O) groups excluding carboxylic acids is 3. The van der Waals surface area contributed by atoms with E-state index in [1.54, 1.807) is 19.9 Å². The smallest absolute Gasteiger partial charge is 0.408 e. The van der Waals surface area contributed by atoms with Crippen LogP contribution < -0.4 is 10.6 Å². The molecule has 0 heterocycles. The average Bonchev–Trinajstić information content (AvgIpc) is 2.69. The summed E-state index contributed by atoms with van der Waals surface area (Å²) >= 11 is 0. The zero-order valence-corrected chi connectivity index (χ0v) is 16.8. The summed E-state index contributed by atoms with van der Waals surface area (Å²) in [5.74, 6) is -1.18. The third-order valence-electron chi connectivity index (χ3n) is 4.14. The summed E-state index contributed by atoms with van der Waals surface area (Å²) in [6.45, 7) is 7.34. The third kappa shape index (κ3) is 8.24. The van der Waals surface area contributed by atoms with E-state index >= 15 is 0 Å². The molecule has 0 aliphatic carbocycles. The maximum atomic E-state index is 12.6. The number of amides is 2. The van der Waals surface area contributed by atoms with Gasteiger partial charge in [0.1, 0.15) is 18.7 Å². The van der Waals surface area contributed by atoms with Crippen molar-refractivity contribution in [2.75, 3.05) is 7.11 Å². The summed E-state index contributed by atoms with van der Waals surface area (Å²) in [6.07, 6.45) is 2.88. The van der Waals surface area contributed by atoms with Crippen LogP contribution in [-0.2, 0) is 25.7 Å². The molecule has 1 aromatic rings. The molecule has 0 aromatic heterocycles. The van der Waals surface area contributed by atoms with Crippen LogP contribution in [0.4, 0.5) is 4.79 Å². The molecule has 0 aliphatic heterocycles. The summed E-state index contributed by atoms with van der Waals surface area (Å²) in [5, 5.41) is 5.24. The molecule has 0 radical (unpaired) electrons. The first-order valence-electron chi connectivity index (χ1n) is 9.35. The maximum Gasteiger partial charge on any atom is 0.408 e. The van der Waals surface area contributed by atoms with E-state index in [1.807, 2.05) is 30.3 Å². The lowest BCUT2D eigenvalue weighted by atomic mass is 10.0. The number of carbonyl (C=O) groups is 3. The molecular formula is C21H30N2O5. The SMILES string of the molecule is C=CCCC[C@H](NC(=O)[C@@H](NC(=O)OCc1ccccc1)C(C)C)C(=O)OC. The normalized spacial score (nSPS) is 12.6. The van der Waals surface area contributed by atoms with Crippen molar-refractivity contribution in [1.29, 1.82) is 0 Å². The van der Waals surface area contributed by atoms with Crippen molar-refractivity contribution in [2.24, 2.45) is 5.92 Å². The minimum Gasteiger partial charge on any atom is -0.467 e. The van der Waals surface area contributed by atoms with E-state index in [4.69, 9.17) is 9.47 Å². The summed E-state index contributed by atoms with van der Waals surface area (Å²) in [5.41, 5.74) is 0.844. The molecule has 0 unspecified atom stereocenters. The number of allylic oxidation sites excluding steroid dienone is 1. The van der Waals surface area contributed by atoms with Crippen molar-refractivity contribution in [3.63, 3.8) is 0 Å². The summed E-state index contributed by atoms with van der Waals surface area (Å²) < 4.78 is 9.94. The van der Waals surface area contributed by atoms with Crippen molar-refractivity contribution in [3.8, 4) is 0 Å². The van der Waals surface area contributed by atoms with E-state index in [9.17, 15) is 14.4 Å². The van der Waals surface area contributed by atoms with Gasteiger partial charge >= 0.3 is 12.1 Å². The highest BCUT2D eigenvalue weighted by molar-refractivity contribution is 5.89. The highest BCUT2D eigenvalue weighted by atomic mass is 16.5. The molecule has 154 valence electrons. The van der Waals surface area contributed by atoms with Crippen LogP contribution in [0.1, 0.15) is 38.7 Å². The Balaban J connectivity index is 2.65. The zero-order valence-electron chi connectivity index (χ0n) is 16.8. The van der Waals surface area contributed by atoms with Gasteiger partial charge in [0.25, 0.3) is 0 Å². The van der Waals surface area contributed by atoms with Crippen LogP contribution in [0.25, 0.3) is 0 Å². The number of esters is 1. The number of hydrogen-bond acceptors (Lipinski definition) is 5. The number of nitrogens with one attached hydrogen (secondary N) is 2. The molecule has 0 aliphatic rings. The summed E-state index contributed by atoms with van der Waals surface area (Å²) in [4.78, 5) is 36.7. The van der Waals surface area contributed by atoms with Gasteiger partial charge in [-0.05, 0) is 30.7 Å². The number of benzene rings is 1. The molecular weight excluding hydrogens is 360 g/mol. The molecule has 2 N–H and O–H groups in total. The van der Waals surface area contributed by atoms with Crippen LogP contribution in [0.3, 0.4) is 0 Å². The van der Waals surface area contributed by atoms with Gasteiger partial charge in [-0.1, -0.05) is 50.3 Å². The first-order valence-corrected chi connectivity index (χ1v) is 9.35. The van der Waals surface area contributed by atoms with E-state index in [1.165, 1.54) is 7.11 Å². The Labute approximate surface area is 166 Å². The molecule has 7 nitrogen and oxygen atoms in total. The lowest BCUT2D eigenvalue weighted by Crippen LogP contribution is -2.53. The quantitative estimate of drug-likeness (QED) is 0.344. The second-order valence-electron chi connectivity index (χ2n) is 6.73. The Morgan fingerprint density at radius 2 is 1.82 bits per heavy atom. The van der Waals surface area contributed by atoms with Gasteiger partial charge in [-0.2, -0.15) is 0 Å². The first-order chi connectivity index (χ1) is 13.4. The Morgan fingerprint density at radius 3 is 2.39 bits per heavy atom. The average molecular weight is 390 g/mol. The molecule has 0 bridgehead atoms. The molecule has 1 rings (SSSR count). The van der Waals surface area contributed by atoms with Crippen molar-refractivity contribution in [2.45, 2.75) is 51.8 Å². The second kappa shape index (κ2) is 12.5. The molecule has 0 saturated carbocycles. The van der Waals surface area contributed by atoms with Crippen LogP contribution in [0.2, 0.25) is 0 Å². The van der Waals surface area contributed by atoms with Gasteiger partial charge in [0.05, 0.1) is 7.11 Å². The highest BCUT2D eigenvalue weighted by Crippen LogP contribution is 2.08. The molecule has 0 spiro atoms. The van der Waals surface area contributed by atoms with Crippen molar-refractivity contribution in [3.05, 3.63) is 48.6 Å². The van der Waals surface area contributed by atoms with Gasteiger partial charge < -0.3 is 20.1 Å². The first kappa shape index (κ1) is 23.2. The fourth-order valence-corrected chi connectivity index (χ4v) is 2.55. The van der Waals surface area contributed by atoms with Crippen LogP contribution in [0, 0.1) is 5.92 Å². The predicted molar refractivity (Wildman–Crippen MR) is 106 cm³/mol. The van der Waals surface area contributed by atoms with E-state index in [0.717, 1.165) is 12.0 Å². The molecule has 1 aromatic carbocycles. The van der Waals surface area contributed by atoms with E-state index in [2.05, 4.69) is 17.2 Å².